The number of nitrogens with two attached hydrogens (primary N) is 1. The van der Waals surface area contributed by atoms with Crippen molar-refractivity contribution in [2.24, 2.45) is 5.73 Å². The van der Waals surface area contributed by atoms with Crippen LogP contribution in [0.15, 0.2) is 24.3 Å². The van der Waals surface area contributed by atoms with Crippen molar-refractivity contribution in [3.63, 3.8) is 0 Å². The van der Waals surface area contributed by atoms with Gasteiger partial charge in [-0.05, 0) is 37.0 Å². The number of nitrogens with one attached hydrogen (secondary N) is 1. The first-order chi connectivity index (χ1) is 9.49. The van der Waals surface area contributed by atoms with Gasteiger partial charge in [0.25, 0.3) is 0 Å². The molecule has 5 N–H and O–H groups in total. The number of phenols is 1. The van der Waals surface area contributed by atoms with Crippen LogP contribution in [-0.4, -0.2) is 34.7 Å². The summed E-state index contributed by atoms with van der Waals surface area (Å²) in [5, 5.41) is 20.3. The first kappa shape index (κ1) is 16.0. The predicted molar refractivity (Wildman–Crippen MR) is 74.3 cm³/mol. The molecule has 1 aromatic rings. The van der Waals surface area contributed by atoms with Crippen molar-refractivity contribution in [2.45, 2.75) is 31.7 Å². The lowest BCUT2D eigenvalue weighted by molar-refractivity contribution is -0.137. The number of aliphatic carboxylic acids is 1. The van der Waals surface area contributed by atoms with E-state index in [4.69, 9.17) is 15.9 Å². The summed E-state index contributed by atoms with van der Waals surface area (Å²) < 4.78 is 0. The molecule has 0 bridgehead atoms. The van der Waals surface area contributed by atoms with Crippen molar-refractivity contribution in [1.82, 2.24) is 5.32 Å². The molecule has 1 amide bonds. The Morgan fingerprint density at radius 3 is 2.45 bits per heavy atom. The standard InChI is InChI=1S/C14H20N2O4/c15-12(9-10-4-6-11(17)7-5-10)14(20)16-8-2-1-3-13(18)19/h4-7,12,17H,1-3,8-9,15H2,(H,16,20)(H,18,19)/t12-/m1/s1. The second-order valence-corrected chi connectivity index (χ2v) is 4.62. The zero-order valence-electron chi connectivity index (χ0n) is 11.2. The van der Waals surface area contributed by atoms with E-state index in [-0.39, 0.29) is 18.1 Å². The number of benzene rings is 1. The van der Waals surface area contributed by atoms with Crippen molar-refractivity contribution < 1.29 is 19.8 Å². The molecule has 6 heteroatoms. The maximum absolute atomic E-state index is 11.7. The van der Waals surface area contributed by atoms with E-state index in [0.717, 1.165) is 5.56 Å². The maximum Gasteiger partial charge on any atom is 0.303 e. The van der Waals surface area contributed by atoms with Crippen LogP contribution in [0.4, 0.5) is 0 Å². The lowest BCUT2D eigenvalue weighted by Crippen LogP contribution is -2.42. The molecule has 0 saturated carbocycles. The van der Waals surface area contributed by atoms with Crippen LogP contribution >= 0.6 is 0 Å². The number of unbranched alkanes of at least 4 members (excludes halogenated alkanes) is 1. The zero-order chi connectivity index (χ0) is 15.0. The molecule has 0 radical (unpaired) electrons. The second-order valence-electron chi connectivity index (χ2n) is 4.62. The van der Waals surface area contributed by atoms with Gasteiger partial charge in [0.2, 0.25) is 5.91 Å². The average molecular weight is 280 g/mol. The summed E-state index contributed by atoms with van der Waals surface area (Å²) in [7, 11) is 0. The van der Waals surface area contributed by atoms with Crippen LogP contribution in [0, 0.1) is 0 Å². The third-order valence-corrected chi connectivity index (χ3v) is 2.85. The molecule has 0 heterocycles. The highest BCUT2D eigenvalue weighted by Crippen LogP contribution is 2.10. The van der Waals surface area contributed by atoms with Crippen molar-refractivity contribution in [3.05, 3.63) is 29.8 Å². The molecule has 0 saturated heterocycles. The Hall–Kier alpha value is -2.08. The Kier molecular flexibility index (Phi) is 6.52. The molecule has 0 aromatic heterocycles. The molecule has 1 aromatic carbocycles. The predicted octanol–water partition coefficient (Wildman–Crippen LogP) is 0.633. The average Bonchev–Trinajstić information content (AvgIpc) is 2.40. The summed E-state index contributed by atoms with van der Waals surface area (Å²) in [6, 6.07) is 5.88. The monoisotopic (exact) mass is 280 g/mol. The quantitative estimate of drug-likeness (QED) is 0.522. The van der Waals surface area contributed by atoms with E-state index in [1.54, 1.807) is 24.3 Å². The molecule has 1 rings (SSSR count). The Bertz CT molecular complexity index is 445. The van der Waals surface area contributed by atoms with Gasteiger partial charge in [0.15, 0.2) is 0 Å². The first-order valence-electron chi connectivity index (χ1n) is 6.52. The maximum atomic E-state index is 11.7. The van der Waals surface area contributed by atoms with Crippen LogP contribution in [0.5, 0.6) is 5.75 Å². The Morgan fingerprint density at radius 2 is 1.85 bits per heavy atom. The molecule has 0 aliphatic heterocycles. The van der Waals surface area contributed by atoms with E-state index >= 15 is 0 Å². The fraction of sp³-hybridized carbons (Fsp3) is 0.429. The fourth-order valence-electron chi connectivity index (χ4n) is 1.72. The van der Waals surface area contributed by atoms with Crippen molar-refractivity contribution >= 4 is 11.9 Å². The van der Waals surface area contributed by atoms with Gasteiger partial charge in [0.05, 0.1) is 6.04 Å². The normalized spacial score (nSPS) is 11.8. The molecular weight excluding hydrogens is 260 g/mol. The lowest BCUT2D eigenvalue weighted by Gasteiger charge is -2.12. The van der Waals surface area contributed by atoms with Crippen molar-refractivity contribution in [3.8, 4) is 5.75 Å². The van der Waals surface area contributed by atoms with Gasteiger partial charge in [-0.2, -0.15) is 0 Å². The van der Waals surface area contributed by atoms with Gasteiger partial charge >= 0.3 is 5.97 Å². The number of hydrogen-bond acceptors (Lipinski definition) is 4. The summed E-state index contributed by atoms with van der Waals surface area (Å²) >= 11 is 0. The molecule has 0 fully saturated rings. The topological polar surface area (TPSA) is 113 Å². The fourth-order valence-corrected chi connectivity index (χ4v) is 1.72. The summed E-state index contributed by atoms with van der Waals surface area (Å²) in [6.07, 6.45) is 1.64. The third-order valence-electron chi connectivity index (χ3n) is 2.85. The number of phenolic OH excluding ortho intramolecular Hbond substituents is 1. The summed E-state index contributed by atoms with van der Waals surface area (Å²) in [5.74, 6) is -0.918. The van der Waals surface area contributed by atoms with Crippen LogP contribution < -0.4 is 11.1 Å². The summed E-state index contributed by atoms with van der Waals surface area (Å²) in [5.41, 5.74) is 6.65. The SMILES string of the molecule is N[C@H](Cc1ccc(O)cc1)C(=O)NCCCCC(=O)O. The minimum absolute atomic E-state index is 0.107. The van der Waals surface area contributed by atoms with Crippen LogP contribution in [0.3, 0.4) is 0 Å². The van der Waals surface area contributed by atoms with Gasteiger partial charge in [0, 0.05) is 13.0 Å². The highest BCUT2D eigenvalue weighted by atomic mass is 16.4. The van der Waals surface area contributed by atoms with Crippen LogP contribution in [0.25, 0.3) is 0 Å². The molecule has 110 valence electrons. The smallest absolute Gasteiger partial charge is 0.303 e. The van der Waals surface area contributed by atoms with Gasteiger partial charge < -0.3 is 21.3 Å². The van der Waals surface area contributed by atoms with Crippen LogP contribution in [0.2, 0.25) is 0 Å². The number of rotatable bonds is 8. The van der Waals surface area contributed by atoms with E-state index in [1.807, 2.05) is 0 Å². The van der Waals surface area contributed by atoms with E-state index in [9.17, 15) is 9.59 Å². The molecule has 0 aliphatic rings. The van der Waals surface area contributed by atoms with E-state index in [0.29, 0.717) is 25.8 Å². The van der Waals surface area contributed by atoms with Crippen molar-refractivity contribution in [1.29, 1.82) is 0 Å². The second kappa shape index (κ2) is 8.16. The highest BCUT2D eigenvalue weighted by molar-refractivity contribution is 5.81. The molecular formula is C14H20N2O4. The van der Waals surface area contributed by atoms with Gasteiger partial charge in [-0.15, -0.1) is 0 Å². The van der Waals surface area contributed by atoms with E-state index in [2.05, 4.69) is 5.32 Å². The number of carbonyl (C=O) groups is 2. The molecule has 0 aliphatic carbocycles. The van der Waals surface area contributed by atoms with Crippen LogP contribution in [-0.2, 0) is 16.0 Å². The molecule has 20 heavy (non-hydrogen) atoms. The Morgan fingerprint density at radius 1 is 1.20 bits per heavy atom. The van der Waals surface area contributed by atoms with Gasteiger partial charge in [0.1, 0.15) is 5.75 Å². The Labute approximate surface area is 117 Å². The zero-order valence-corrected chi connectivity index (χ0v) is 11.2. The number of carboxylic acids is 1. The number of aromatic hydroxyl groups is 1. The molecule has 1 atom stereocenters. The largest absolute Gasteiger partial charge is 0.508 e. The van der Waals surface area contributed by atoms with E-state index < -0.39 is 12.0 Å². The highest BCUT2D eigenvalue weighted by Gasteiger charge is 2.13. The van der Waals surface area contributed by atoms with Crippen molar-refractivity contribution in [2.75, 3.05) is 6.54 Å². The van der Waals surface area contributed by atoms with Gasteiger partial charge in [-0.1, -0.05) is 12.1 Å². The minimum atomic E-state index is -0.833. The molecule has 0 spiro atoms. The number of carboxylic acid groups (broad SMARTS) is 1. The summed E-state index contributed by atoms with van der Waals surface area (Å²) in [6.45, 7) is 0.426. The third kappa shape index (κ3) is 6.19. The molecule has 6 nitrogen and oxygen atoms in total. The number of amides is 1. The number of carbonyl (C=O) groups excluding carboxylic acids is 1. The Balaban J connectivity index is 2.25. The van der Waals surface area contributed by atoms with Crippen LogP contribution in [0.1, 0.15) is 24.8 Å². The number of hydrogen-bond donors (Lipinski definition) is 4. The first-order valence-corrected chi connectivity index (χ1v) is 6.52. The van der Waals surface area contributed by atoms with E-state index in [1.165, 1.54) is 0 Å². The lowest BCUT2D eigenvalue weighted by atomic mass is 10.1. The molecule has 0 unspecified atom stereocenters. The van der Waals surface area contributed by atoms with Gasteiger partial charge in [-0.25, -0.2) is 0 Å². The van der Waals surface area contributed by atoms with Gasteiger partial charge in [-0.3, -0.25) is 9.59 Å². The summed E-state index contributed by atoms with van der Waals surface area (Å²) in [4.78, 5) is 22.0. The minimum Gasteiger partial charge on any atom is -0.508 e.